The van der Waals surface area contributed by atoms with Crippen LogP contribution in [0.25, 0.3) is 0 Å². The first-order chi connectivity index (χ1) is 9.49. The van der Waals surface area contributed by atoms with Gasteiger partial charge in [0.05, 0.1) is 0 Å². The first kappa shape index (κ1) is 16.2. The highest BCUT2D eigenvalue weighted by molar-refractivity contribution is 7.99. The predicted octanol–water partition coefficient (Wildman–Crippen LogP) is 4.05. The molecule has 1 N–H and O–H groups in total. The van der Waals surface area contributed by atoms with Crippen LogP contribution in [0.15, 0.2) is 23.1 Å². The van der Waals surface area contributed by atoms with Gasteiger partial charge in [-0.15, -0.1) is 11.8 Å². The van der Waals surface area contributed by atoms with E-state index in [2.05, 4.69) is 50.3 Å². The maximum absolute atomic E-state index is 6.16. The average molecular weight is 313 g/mol. The highest BCUT2D eigenvalue weighted by atomic mass is 35.5. The minimum atomic E-state index is 0.436. The summed E-state index contributed by atoms with van der Waals surface area (Å²) < 4.78 is 0. The molecule has 2 rings (SSSR count). The van der Waals surface area contributed by atoms with Gasteiger partial charge in [-0.05, 0) is 55.9 Å². The average Bonchev–Trinajstić information content (AvgIpc) is 2.38. The van der Waals surface area contributed by atoms with Crippen molar-refractivity contribution in [3.63, 3.8) is 0 Å². The monoisotopic (exact) mass is 312 g/mol. The lowest BCUT2D eigenvalue weighted by Gasteiger charge is -2.32. The van der Waals surface area contributed by atoms with Gasteiger partial charge in [-0.2, -0.15) is 0 Å². The summed E-state index contributed by atoms with van der Waals surface area (Å²) in [5.74, 6) is 1.83. The fraction of sp³-hybridized carbons (Fsp3) is 0.625. The number of hydrogen-bond acceptors (Lipinski definition) is 3. The number of hydrogen-bond donors (Lipinski definition) is 1. The van der Waals surface area contributed by atoms with E-state index in [1.54, 1.807) is 0 Å². The van der Waals surface area contributed by atoms with E-state index in [9.17, 15) is 0 Å². The molecule has 1 aliphatic rings. The van der Waals surface area contributed by atoms with Crippen LogP contribution < -0.4 is 5.32 Å². The maximum atomic E-state index is 6.16. The van der Waals surface area contributed by atoms with Crippen molar-refractivity contribution in [2.75, 3.05) is 26.4 Å². The van der Waals surface area contributed by atoms with Crippen LogP contribution in [0.5, 0.6) is 0 Å². The van der Waals surface area contributed by atoms with Crippen molar-refractivity contribution < 1.29 is 0 Å². The Morgan fingerprint density at radius 2 is 2.15 bits per heavy atom. The van der Waals surface area contributed by atoms with Crippen molar-refractivity contribution in [1.29, 1.82) is 0 Å². The summed E-state index contributed by atoms with van der Waals surface area (Å²) in [6.07, 6.45) is 1.18. The lowest BCUT2D eigenvalue weighted by molar-refractivity contribution is 0.217. The summed E-state index contributed by atoms with van der Waals surface area (Å²) in [4.78, 5) is 3.69. The molecule has 112 valence electrons. The molecule has 20 heavy (non-hydrogen) atoms. The molecule has 2 unspecified atom stereocenters. The van der Waals surface area contributed by atoms with E-state index in [4.69, 9.17) is 11.6 Å². The van der Waals surface area contributed by atoms with Gasteiger partial charge in [0.15, 0.2) is 0 Å². The van der Waals surface area contributed by atoms with E-state index in [1.165, 1.54) is 22.6 Å². The summed E-state index contributed by atoms with van der Waals surface area (Å²) in [5.41, 5.74) is 1.37. The quantitative estimate of drug-likeness (QED) is 0.883. The number of halogens is 1. The Hall–Kier alpha value is -0.220. The third kappa shape index (κ3) is 3.91. The molecule has 0 radical (unpaired) electrons. The minimum absolute atomic E-state index is 0.436. The number of nitrogens with zero attached hydrogens (tertiary/aromatic N) is 1. The molecule has 0 amide bonds. The van der Waals surface area contributed by atoms with Crippen LogP contribution in [0.4, 0.5) is 0 Å². The summed E-state index contributed by atoms with van der Waals surface area (Å²) >= 11 is 8.10. The van der Waals surface area contributed by atoms with Gasteiger partial charge < -0.3 is 10.2 Å². The molecular formula is C16H25ClN2S. The molecule has 1 heterocycles. The number of nitrogens with one attached hydrogen (secondary N) is 1. The zero-order valence-corrected chi connectivity index (χ0v) is 14.4. The van der Waals surface area contributed by atoms with E-state index in [1.807, 2.05) is 17.8 Å². The van der Waals surface area contributed by atoms with Crippen LogP contribution in [-0.2, 0) is 0 Å². The summed E-state index contributed by atoms with van der Waals surface area (Å²) in [5, 5.41) is 4.59. The van der Waals surface area contributed by atoms with Gasteiger partial charge in [0.2, 0.25) is 0 Å². The Labute approximate surface area is 132 Å². The molecular weight excluding hydrogens is 288 g/mol. The van der Waals surface area contributed by atoms with Gasteiger partial charge in [-0.1, -0.05) is 25.4 Å². The van der Waals surface area contributed by atoms with E-state index in [0.717, 1.165) is 11.6 Å². The molecule has 0 saturated heterocycles. The number of benzene rings is 1. The normalized spacial score (nSPS) is 20.2. The van der Waals surface area contributed by atoms with E-state index >= 15 is 0 Å². The number of likely N-dealkylation sites (N-methyl/N-ethyl adjacent to an activating group) is 1. The van der Waals surface area contributed by atoms with E-state index < -0.39 is 0 Å². The Morgan fingerprint density at radius 1 is 1.40 bits per heavy atom. The first-order valence-corrected chi connectivity index (χ1v) is 8.67. The lowest BCUT2D eigenvalue weighted by Crippen LogP contribution is -2.43. The minimum Gasteiger partial charge on any atom is -0.308 e. The van der Waals surface area contributed by atoms with E-state index in [-0.39, 0.29) is 0 Å². The standard InChI is InChI=1S/C16H25ClN2S/c1-11(2)15(19(3)4)10-18-14-7-8-20-16-6-5-12(17)9-13(14)16/h5-6,9,11,14-15,18H,7-8,10H2,1-4H3. The highest BCUT2D eigenvalue weighted by Crippen LogP contribution is 2.37. The predicted molar refractivity (Wildman–Crippen MR) is 89.8 cm³/mol. The smallest absolute Gasteiger partial charge is 0.0410 e. The fourth-order valence-electron chi connectivity index (χ4n) is 2.85. The fourth-order valence-corrected chi connectivity index (χ4v) is 4.14. The topological polar surface area (TPSA) is 15.3 Å². The van der Waals surface area contributed by atoms with Crippen LogP contribution in [0.1, 0.15) is 31.9 Å². The van der Waals surface area contributed by atoms with Gasteiger partial charge >= 0.3 is 0 Å². The van der Waals surface area contributed by atoms with Crippen molar-refractivity contribution >= 4 is 23.4 Å². The molecule has 0 fully saturated rings. The Morgan fingerprint density at radius 3 is 2.80 bits per heavy atom. The Kier molecular flexibility index (Phi) is 5.79. The number of fused-ring (bicyclic) bond motifs is 1. The molecule has 0 bridgehead atoms. The first-order valence-electron chi connectivity index (χ1n) is 7.31. The second-order valence-electron chi connectivity index (χ2n) is 6.06. The number of thioether (sulfide) groups is 1. The Balaban J connectivity index is 2.06. The zero-order chi connectivity index (χ0) is 14.7. The summed E-state index contributed by atoms with van der Waals surface area (Å²) in [6.45, 7) is 5.59. The van der Waals surface area contributed by atoms with Crippen LogP contribution in [0, 0.1) is 5.92 Å². The van der Waals surface area contributed by atoms with Crippen molar-refractivity contribution in [2.45, 2.75) is 37.2 Å². The Bertz CT molecular complexity index is 440. The zero-order valence-electron chi connectivity index (χ0n) is 12.8. The van der Waals surface area contributed by atoms with Gasteiger partial charge in [-0.25, -0.2) is 0 Å². The molecule has 0 saturated carbocycles. The summed E-state index contributed by atoms with van der Waals surface area (Å²) in [6, 6.07) is 7.27. The second kappa shape index (κ2) is 7.17. The van der Waals surface area contributed by atoms with Crippen LogP contribution >= 0.6 is 23.4 Å². The molecule has 0 aromatic heterocycles. The highest BCUT2D eigenvalue weighted by Gasteiger charge is 2.23. The second-order valence-corrected chi connectivity index (χ2v) is 7.63. The van der Waals surface area contributed by atoms with Gasteiger partial charge in [0, 0.05) is 28.5 Å². The van der Waals surface area contributed by atoms with Gasteiger partial charge in [0.25, 0.3) is 0 Å². The SMILES string of the molecule is CC(C)C(CNC1CCSc2ccc(Cl)cc21)N(C)C. The number of rotatable bonds is 5. The van der Waals surface area contributed by atoms with Crippen LogP contribution in [-0.4, -0.2) is 37.3 Å². The molecule has 2 nitrogen and oxygen atoms in total. The van der Waals surface area contributed by atoms with Crippen LogP contribution in [0.3, 0.4) is 0 Å². The maximum Gasteiger partial charge on any atom is 0.0410 e. The van der Waals surface area contributed by atoms with Crippen molar-refractivity contribution in [3.8, 4) is 0 Å². The largest absolute Gasteiger partial charge is 0.308 e. The third-order valence-corrected chi connectivity index (χ3v) is 5.38. The van der Waals surface area contributed by atoms with Gasteiger partial charge in [-0.3, -0.25) is 0 Å². The van der Waals surface area contributed by atoms with E-state index in [0.29, 0.717) is 18.0 Å². The van der Waals surface area contributed by atoms with Crippen molar-refractivity contribution in [2.24, 2.45) is 5.92 Å². The molecule has 1 aliphatic heterocycles. The van der Waals surface area contributed by atoms with Crippen LogP contribution in [0.2, 0.25) is 5.02 Å². The summed E-state index contributed by atoms with van der Waals surface area (Å²) in [7, 11) is 4.32. The lowest BCUT2D eigenvalue weighted by atomic mass is 10.00. The van der Waals surface area contributed by atoms with Gasteiger partial charge in [0.1, 0.15) is 0 Å². The van der Waals surface area contributed by atoms with Crippen molar-refractivity contribution in [1.82, 2.24) is 10.2 Å². The molecule has 4 heteroatoms. The molecule has 2 atom stereocenters. The molecule has 0 aliphatic carbocycles. The molecule has 0 spiro atoms. The molecule has 1 aromatic rings. The molecule has 1 aromatic carbocycles. The van der Waals surface area contributed by atoms with Crippen molar-refractivity contribution in [3.05, 3.63) is 28.8 Å². The third-order valence-electron chi connectivity index (χ3n) is 4.02.